The van der Waals surface area contributed by atoms with E-state index in [4.69, 9.17) is 29.8 Å². The number of anilines is 1. The predicted octanol–water partition coefficient (Wildman–Crippen LogP) is 2.46. The van der Waals surface area contributed by atoms with Gasteiger partial charge in [-0.3, -0.25) is 9.59 Å². The highest BCUT2D eigenvalue weighted by molar-refractivity contribution is 6.02. The first-order valence-electron chi connectivity index (χ1n) is 8.80. The minimum atomic E-state index is -1.29. The van der Waals surface area contributed by atoms with Crippen LogP contribution in [0, 0.1) is 0 Å². The molecule has 1 unspecified atom stereocenters. The van der Waals surface area contributed by atoms with Crippen molar-refractivity contribution in [2.24, 2.45) is 5.73 Å². The van der Waals surface area contributed by atoms with Gasteiger partial charge in [0, 0.05) is 29.5 Å². The molecule has 0 spiro atoms. The average molecular weight is 416 g/mol. The number of hydrogen-bond donors (Lipinski definition) is 3. The highest BCUT2D eigenvalue weighted by Gasteiger charge is 2.19. The van der Waals surface area contributed by atoms with E-state index in [0.717, 1.165) is 0 Å². The summed E-state index contributed by atoms with van der Waals surface area (Å²) in [5.74, 6) is 0.131. The zero-order chi connectivity index (χ0) is 22.3. The van der Waals surface area contributed by atoms with Crippen molar-refractivity contribution in [3.05, 3.63) is 47.5 Å². The summed E-state index contributed by atoms with van der Waals surface area (Å²) in [7, 11) is 5.92. The van der Waals surface area contributed by atoms with E-state index in [1.807, 2.05) is 0 Å². The molecule has 0 aliphatic heterocycles. The molecule has 1 amide bonds. The van der Waals surface area contributed by atoms with Crippen molar-refractivity contribution in [2.45, 2.75) is 6.04 Å². The maximum absolute atomic E-state index is 12.4. The summed E-state index contributed by atoms with van der Waals surface area (Å²) in [4.78, 5) is 23.6. The Hall–Kier alpha value is -3.72. The first kappa shape index (κ1) is 22.6. The Bertz CT molecular complexity index is 931. The molecule has 0 heterocycles. The van der Waals surface area contributed by atoms with Gasteiger partial charge >= 0.3 is 5.97 Å². The molecule has 0 radical (unpaired) electrons. The first-order chi connectivity index (χ1) is 14.3. The Balaban J connectivity index is 2.27. The summed E-state index contributed by atoms with van der Waals surface area (Å²) in [5, 5.41) is 11.8. The Labute approximate surface area is 174 Å². The first-order valence-corrected chi connectivity index (χ1v) is 8.80. The van der Waals surface area contributed by atoms with Crippen molar-refractivity contribution >= 4 is 23.6 Å². The zero-order valence-corrected chi connectivity index (χ0v) is 17.1. The Morgan fingerprint density at radius 2 is 1.57 bits per heavy atom. The fourth-order valence-corrected chi connectivity index (χ4v) is 2.73. The molecule has 0 saturated heterocycles. The molecule has 0 saturated carbocycles. The van der Waals surface area contributed by atoms with Crippen molar-refractivity contribution in [3.8, 4) is 23.0 Å². The van der Waals surface area contributed by atoms with E-state index in [-0.39, 0.29) is 5.56 Å². The van der Waals surface area contributed by atoms with E-state index in [1.54, 1.807) is 24.3 Å². The van der Waals surface area contributed by atoms with Gasteiger partial charge in [0.25, 0.3) is 0 Å². The van der Waals surface area contributed by atoms with Gasteiger partial charge in [-0.15, -0.1) is 0 Å². The second kappa shape index (κ2) is 10.2. The van der Waals surface area contributed by atoms with Crippen LogP contribution in [0.5, 0.6) is 23.0 Å². The average Bonchev–Trinajstić information content (AvgIpc) is 2.76. The highest BCUT2D eigenvalue weighted by atomic mass is 16.5. The van der Waals surface area contributed by atoms with Crippen LogP contribution in [0.2, 0.25) is 0 Å². The summed E-state index contributed by atoms with van der Waals surface area (Å²) in [6, 6.07) is 6.62. The van der Waals surface area contributed by atoms with Gasteiger partial charge in [-0.25, -0.2) is 0 Å². The van der Waals surface area contributed by atoms with Crippen LogP contribution in [0.1, 0.15) is 17.2 Å². The van der Waals surface area contributed by atoms with Gasteiger partial charge in [0.2, 0.25) is 5.91 Å². The number of nitrogens with one attached hydrogen (secondary N) is 1. The molecule has 160 valence electrons. The maximum atomic E-state index is 12.4. The van der Waals surface area contributed by atoms with Crippen LogP contribution in [0.25, 0.3) is 6.08 Å². The summed E-state index contributed by atoms with van der Waals surface area (Å²) in [6.45, 7) is 0. The minimum absolute atomic E-state index is 0.241. The molecule has 9 heteroatoms. The molecule has 30 heavy (non-hydrogen) atoms. The number of rotatable bonds is 9. The maximum Gasteiger partial charge on any atom is 0.325 e. The van der Waals surface area contributed by atoms with Gasteiger partial charge in [0.15, 0.2) is 0 Å². The van der Waals surface area contributed by atoms with E-state index in [9.17, 15) is 9.59 Å². The number of carboxylic acids is 1. The van der Waals surface area contributed by atoms with Crippen LogP contribution in [0.4, 0.5) is 5.69 Å². The third-order valence-electron chi connectivity index (χ3n) is 4.25. The standard InChI is InChI=1S/C21H24N2O7/c1-27-13-10-17(29-3)14(18(11-13)30-4)6-8-19(24)23-12-5-7-16(28-2)15(9-12)20(22)21(25)26/h5-11,20H,22H2,1-4H3,(H,23,24)(H,25,26)/b8-6+. The number of ether oxygens (including phenoxy) is 4. The molecule has 0 aromatic heterocycles. The van der Waals surface area contributed by atoms with Crippen LogP contribution >= 0.6 is 0 Å². The van der Waals surface area contributed by atoms with Crippen molar-refractivity contribution in [2.75, 3.05) is 33.8 Å². The van der Waals surface area contributed by atoms with Crippen molar-refractivity contribution in [1.82, 2.24) is 0 Å². The molecular weight excluding hydrogens is 392 g/mol. The molecule has 0 fully saturated rings. The molecule has 4 N–H and O–H groups in total. The third kappa shape index (κ3) is 5.21. The Kier molecular flexibility index (Phi) is 7.65. The van der Waals surface area contributed by atoms with Gasteiger partial charge in [-0.05, 0) is 24.3 Å². The van der Waals surface area contributed by atoms with Gasteiger partial charge in [0.1, 0.15) is 29.0 Å². The van der Waals surface area contributed by atoms with Crippen LogP contribution < -0.4 is 30.0 Å². The topological polar surface area (TPSA) is 129 Å². The lowest BCUT2D eigenvalue weighted by molar-refractivity contribution is -0.138. The highest BCUT2D eigenvalue weighted by Crippen LogP contribution is 2.35. The lowest BCUT2D eigenvalue weighted by Crippen LogP contribution is -2.21. The molecule has 2 aromatic carbocycles. The smallest absolute Gasteiger partial charge is 0.325 e. The minimum Gasteiger partial charge on any atom is -0.496 e. The van der Waals surface area contributed by atoms with Crippen LogP contribution in [-0.4, -0.2) is 45.4 Å². The van der Waals surface area contributed by atoms with Crippen LogP contribution in [0.3, 0.4) is 0 Å². The fraction of sp³-hybridized carbons (Fsp3) is 0.238. The molecule has 1 atom stereocenters. The second-order valence-corrected chi connectivity index (χ2v) is 6.04. The molecule has 2 aromatic rings. The van der Waals surface area contributed by atoms with Gasteiger partial charge in [-0.1, -0.05) is 0 Å². The number of carboxylic acid groups (broad SMARTS) is 1. The molecule has 0 bridgehead atoms. The fourth-order valence-electron chi connectivity index (χ4n) is 2.73. The summed E-state index contributed by atoms with van der Waals surface area (Å²) < 4.78 is 21.0. The molecular formula is C21H24N2O7. The molecule has 0 aliphatic carbocycles. The van der Waals surface area contributed by atoms with Gasteiger partial charge < -0.3 is 35.1 Å². The number of carbonyl (C=O) groups is 2. The van der Waals surface area contributed by atoms with E-state index in [0.29, 0.717) is 34.2 Å². The van der Waals surface area contributed by atoms with Crippen molar-refractivity contribution in [3.63, 3.8) is 0 Å². The van der Waals surface area contributed by atoms with Gasteiger partial charge in [-0.2, -0.15) is 0 Å². The second-order valence-electron chi connectivity index (χ2n) is 6.04. The third-order valence-corrected chi connectivity index (χ3v) is 4.25. The SMILES string of the molecule is COc1cc(OC)c(/C=C/C(=O)Nc2ccc(OC)c(C(N)C(=O)O)c2)c(OC)c1. The number of benzene rings is 2. The molecule has 0 aliphatic rings. The summed E-state index contributed by atoms with van der Waals surface area (Å²) in [6.07, 6.45) is 2.84. The van der Waals surface area contributed by atoms with Gasteiger partial charge in [0.05, 0.1) is 34.0 Å². The van der Waals surface area contributed by atoms with E-state index in [1.165, 1.54) is 46.6 Å². The molecule has 2 rings (SSSR count). The number of aliphatic carboxylic acids is 1. The largest absolute Gasteiger partial charge is 0.496 e. The lowest BCUT2D eigenvalue weighted by atomic mass is 10.1. The Morgan fingerprint density at radius 1 is 0.967 bits per heavy atom. The Morgan fingerprint density at radius 3 is 2.07 bits per heavy atom. The van der Waals surface area contributed by atoms with Crippen molar-refractivity contribution in [1.29, 1.82) is 0 Å². The summed E-state index contributed by atoms with van der Waals surface area (Å²) in [5.41, 5.74) is 6.85. The number of amides is 1. The normalized spacial score (nSPS) is 11.6. The quantitative estimate of drug-likeness (QED) is 0.532. The van der Waals surface area contributed by atoms with E-state index in [2.05, 4.69) is 5.32 Å². The number of hydrogen-bond acceptors (Lipinski definition) is 7. The summed E-state index contributed by atoms with van der Waals surface area (Å²) >= 11 is 0. The van der Waals surface area contributed by atoms with E-state index >= 15 is 0 Å². The molecule has 9 nitrogen and oxygen atoms in total. The predicted molar refractivity (Wildman–Crippen MR) is 111 cm³/mol. The number of nitrogens with two attached hydrogens (primary N) is 1. The zero-order valence-electron chi connectivity index (χ0n) is 17.1. The van der Waals surface area contributed by atoms with E-state index < -0.39 is 17.9 Å². The van der Waals surface area contributed by atoms with Crippen LogP contribution in [0.15, 0.2) is 36.4 Å². The monoisotopic (exact) mass is 416 g/mol. The number of methoxy groups -OCH3 is 4. The van der Waals surface area contributed by atoms with Crippen LogP contribution in [-0.2, 0) is 9.59 Å². The lowest BCUT2D eigenvalue weighted by Gasteiger charge is -2.14. The number of carbonyl (C=O) groups excluding carboxylic acids is 1. The van der Waals surface area contributed by atoms with Crippen molar-refractivity contribution < 1.29 is 33.6 Å².